The molecule has 3 aromatic carbocycles. The Morgan fingerprint density at radius 2 is 1.78 bits per heavy atom. The lowest BCUT2D eigenvalue weighted by molar-refractivity contribution is -0.138. The minimum absolute atomic E-state index is 0.144. The van der Waals surface area contributed by atoms with Crippen LogP contribution in [-0.4, -0.2) is 31.4 Å². The van der Waals surface area contributed by atoms with Crippen LogP contribution in [0.5, 0.6) is 11.5 Å². The van der Waals surface area contributed by atoms with Crippen LogP contribution in [0.25, 0.3) is 23.1 Å². The first kappa shape index (κ1) is 30.5. The summed E-state index contributed by atoms with van der Waals surface area (Å²) in [5, 5.41) is 0.997. The van der Waals surface area contributed by atoms with E-state index in [0.29, 0.717) is 64.8 Å². The van der Waals surface area contributed by atoms with Crippen LogP contribution < -0.4 is 24.4 Å². The van der Waals surface area contributed by atoms with Gasteiger partial charge in [-0.1, -0.05) is 70.9 Å². The molecular weight excluding hydrogens is 635 g/mol. The molecule has 5 aromatic rings. The van der Waals surface area contributed by atoms with E-state index in [1.54, 1.807) is 68.6 Å². The molecule has 228 valence electrons. The molecule has 1 unspecified atom stereocenters. The van der Waals surface area contributed by atoms with Crippen molar-refractivity contribution in [2.24, 2.45) is 4.99 Å². The molecule has 0 amide bonds. The van der Waals surface area contributed by atoms with E-state index in [0.717, 1.165) is 0 Å². The highest BCUT2D eigenvalue weighted by Crippen LogP contribution is 2.38. The molecule has 1 aliphatic rings. The number of methoxy groups -OCH3 is 2. The number of hydrogen-bond donors (Lipinski definition) is 0. The van der Waals surface area contributed by atoms with Crippen LogP contribution in [-0.2, 0) is 9.53 Å². The molecule has 3 heterocycles. The lowest BCUT2D eigenvalue weighted by atomic mass is 9.93. The summed E-state index contributed by atoms with van der Waals surface area (Å²) in [7, 11) is 3.07. The largest absolute Gasteiger partial charge is 0.493 e. The molecule has 6 rings (SSSR count). The first-order chi connectivity index (χ1) is 21.8. The first-order valence-electron chi connectivity index (χ1n) is 13.9. The normalized spacial score (nSPS) is 14.6. The third-order valence-corrected chi connectivity index (χ3v) is 8.74. The highest BCUT2D eigenvalue weighted by atomic mass is 35.5. The zero-order valence-electron chi connectivity index (χ0n) is 24.4. The van der Waals surface area contributed by atoms with Crippen molar-refractivity contribution < 1.29 is 23.4 Å². The number of aromatic nitrogens is 1. The van der Waals surface area contributed by atoms with Crippen LogP contribution in [0.3, 0.4) is 0 Å². The Morgan fingerprint density at radius 1 is 1.00 bits per heavy atom. The molecular formula is C34H26Cl2N2O6S. The number of thiazole rings is 1. The Balaban J connectivity index is 1.58. The minimum Gasteiger partial charge on any atom is -0.493 e. The number of furan rings is 1. The van der Waals surface area contributed by atoms with E-state index in [9.17, 15) is 9.59 Å². The molecule has 0 saturated carbocycles. The van der Waals surface area contributed by atoms with E-state index in [-0.39, 0.29) is 17.7 Å². The van der Waals surface area contributed by atoms with E-state index >= 15 is 0 Å². The van der Waals surface area contributed by atoms with Gasteiger partial charge in [-0.15, -0.1) is 0 Å². The van der Waals surface area contributed by atoms with Crippen LogP contribution in [0.1, 0.15) is 29.9 Å². The molecule has 45 heavy (non-hydrogen) atoms. The maximum Gasteiger partial charge on any atom is 0.338 e. The molecule has 0 saturated heterocycles. The molecule has 11 heteroatoms. The van der Waals surface area contributed by atoms with Gasteiger partial charge in [-0.05, 0) is 55.0 Å². The van der Waals surface area contributed by atoms with Crippen molar-refractivity contribution in [2.45, 2.75) is 13.0 Å². The zero-order chi connectivity index (χ0) is 31.7. The lowest BCUT2D eigenvalue weighted by Crippen LogP contribution is -2.40. The second-order valence-electron chi connectivity index (χ2n) is 9.87. The van der Waals surface area contributed by atoms with Crippen LogP contribution in [0, 0.1) is 0 Å². The molecule has 0 N–H and O–H groups in total. The number of rotatable bonds is 8. The summed E-state index contributed by atoms with van der Waals surface area (Å²) in [4.78, 5) is 33.2. The SMILES string of the molecule is CCOC(=O)C1=C(c2ccccc2)N=c2s/c(=C\c3ccc(-c4cc(Cl)ccc4Cl)o3)c(=O)n2C1c1ccc(OC)c(OC)c1. The fourth-order valence-corrected chi connectivity index (χ4v) is 6.53. The number of ether oxygens (including phenoxy) is 3. The predicted octanol–water partition coefficient (Wildman–Crippen LogP) is 6.52. The summed E-state index contributed by atoms with van der Waals surface area (Å²) in [6.07, 6.45) is 1.65. The lowest BCUT2D eigenvalue weighted by Gasteiger charge is -2.26. The first-order valence-corrected chi connectivity index (χ1v) is 15.5. The van der Waals surface area contributed by atoms with E-state index < -0.39 is 12.0 Å². The van der Waals surface area contributed by atoms with Gasteiger partial charge in [0.15, 0.2) is 16.3 Å². The molecule has 1 aliphatic heterocycles. The number of fused-ring (bicyclic) bond motifs is 1. The Bertz CT molecular complexity index is 2130. The van der Waals surface area contributed by atoms with Gasteiger partial charge in [0.05, 0.1) is 47.7 Å². The topological polar surface area (TPSA) is 92.3 Å². The highest BCUT2D eigenvalue weighted by molar-refractivity contribution is 7.07. The molecule has 0 aliphatic carbocycles. The van der Waals surface area contributed by atoms with Gasteiger partial charge in [0.25, 0.3) is 5.56 Å². The third kappa shape index (κ3) is 5.82. The maximum atomic E-state index is 14.2. The van der Waals surface area contributed by atoms with Crippen molar-refractivity contribution in [3.8, 4) is 22.8 Å². The van der Waals surface area contributed by atoms with E-state index in [4.69, 9.17) is 46.8 Å². The predicted molar refractivity (Wildman–Crippen MR) is 175 cm³/mol. The molecule has 0 bridgehead atoms. The van der Waals surface area contributed by atoms with E-state index in [1.165, 1.54) is 23.0 Å². The maximum absolute atomic E-state index is 14.2. The van der Waals surface area contributed by atoms with Gasteiger partial charge < -0.3 is 18.6 Å². The van der Waals surface area contributed by atoms with Crippen LogP contribution in [0.2, 0.25) is 10.0 Å². The van der Waals surface area contributed by atoms with E-state index in [1.807, 2.05) is 30.3 Å². The summed E-state index contributed by atoms with van der Waals surface area (Å²) < 4.78 is 24.5. The quantitative estimate of drug-likeness (QED) is 0.176. The van der Waals surface area contributed by atoms with Gasteiger partial charge in [0.2, 0.25) is 0 Å². The van der Waals surface area contributed by atoms with Gasteiger partial charge in [0.1, 0.15) is 11.5 Å². The number of hydrogen-bond acceptors (Lipinski definition) is 8. The van der Waals surface area contributed by atoms with E-state index in [2.05, 4.69) is 0 Å². The Hall–Kier alpha value is -4.57. The smallest absolute Gasteiger partial charge is 0.338 e. The number of nitrogens with zero attached hydrogens (tertiary/aromatic N) is 2. The monoisotopic (exact) mass is 660 g/mol. The number of benzene rings is 3. The zero-order valence-corrected chi connectivity index (χ0v) is 26.7. The van der Waals surface area contributed by atoms with Crippen molar-refractivity contribution in [3.05, 3.63) is 131 Å². The van der Waals surface area contributed by atoms with Crippen molar-refractivity contribution in [1.29, 1.82) is 0 Å². The number of carbonyl (C=O) groups excluding carboxylic acids is 1. The fourth-order valence-electron chi connectivity index (χ4n) is 5.17. The van der Waals surface area contributed by atoms with Gasteiger partial charge >= 0.3 is 5.97 Å². The number of esters is 1. The fraction of sp³-hybridized carbons (Fsp3) is 0.147. The van der Waals surface area contributed by atoms with Gasteiger partial charge in [-0.2, -0.15) is 0 Å². The minimum atomic E-state index is -0.880. The molecule has 0 spiro atoms. The van der Waals surface area contributed by atoms with Crippen LogP contribution in [0.4, 0.5) is 0 Å². The standard InChI is InChI=1S/C34H26Cl2N2O6S/c1-4-43-33(40)29-30(19-8-6-5-7-9-19)37-34-38(31(29)20-10-14-26(41-2)27(16-20)42-3)32(39)28(45-34)18-22-12-15-25(44-22)23-17-21(35)11-13-24(23)36/h5-18,31H,4H2,1-3H3/b28-18-. The molecule has 2 aromatic heterocycles. The highest BCUT2D eigenvalue weighted by Gasteiger charge is 2.35. The third-order valence-electron chi connectivity index (χ3n) is 7.19. The van der Waals surface area contributed by atoms with Crippen molar-refractivity contribution in [3.63, 3.8) is 0 Å². The number of halogens is 2. The average molecular weight is 662 g/mol. The molecule has 1 atom stereocenters. The van der Waals surface area contributed by atoms with Crippen LogP contribution in [0.15, 0.2) is 98.6 Å². The Labute approximate surface area is 272 Å². The van der Waals surface area contributed by atoms with Crippen molar-refractivity contribution in [1.82, 2.24) is 4.57 Å². The van der Waals surface area contributed by atoms with Gasteiger partial charge in [0, 0.05) is 22.2 Å². The summed E-state index contributed by atoms with van der Waals surface area (Å²) in [6.45, 7) is 1.88. The molecule has 8 nitrogen and oxygen atoms in total. The van der Waals surface area contributed by atoms with Crippen molar-refractivity contribution >= 4 is 52.3 Å². The average Bonchev–Trinajstić information content (AvgIpc) is 3.65. The van der Waals surface area contributed by atoms with Gasteiger partial charge in [-0.3, -0.25) is 9.36 Å². The van der Waals surface area contributed by atoms with Crippen molar-refractivity contribution in [2.75, 3.05) is 20.8 Å². The second kappa shape index (κ2) is 12.8. The van der Waals surface area contributed by atoms with Gasteiger partial charge in [-0.25, -0.2) is 9.79 Å². The number of carbonyl (C=O) groups is 1. The second-order valence-corrected chi connectivity index (χ2v) is 11.7. The molecule has 0 radical (unpaired) electrons. The summed E-state index contributed by atoms with van der Waals surface area (Å²) >= 11 is 13.8. The summed E-state index contributed by atoms with van der Waals surface area (Å²) in [5.41, 5.74) is 2.24. The summed E-state index contributed by atoms with van der Waals surface area (Å²) in [5.74, 6) is 1.30. The Kier molecular flexibility index (Phi) is 8.67. The molecule has 0 fully saturated rings. The van der Waals surface area contributed by atoms with Crippen LogP contribution >= 0.6 is 34.5 Å². The summed E-state index contributed by atoms with van der Waals surface area (Å²) in [6, 6.07) is 22.4. The Morgan fingerprint density at radius 3 is 2.51 bits per heavy atom.